The summed E-state index contributed by atoms with van der Waals surface area (Å²) in [6.45, 7) is 16.7. The fourth-order valence-corrected chi connectivity index (χ4v) is 3.18. The van der Waals surface area contributed by atoms with Gasteiger partial charge in [-0.15, -0.1) is 4.76 Å². The van der Waals surface area contributed by atoms with Crippen molar-refractivity contribution in [3.05, 3.63) is 0 Å². The molecule has 0 radical (unpaired) electrons. The van der Waals surface area contributed by atoms with Crippen molar-refractivity contribution in [3.63, 3.8) is 0 Å². The first-order valence-electron chi connectivity index (χ1n) is 7.06. The van der Waals surface area contributed by atoms with Crippen LogP contribution in [0.25, 0.3) is 0 Å². The van der Waals surface area contributed by atoms with Crippen molar-refractivity contribution in [3.8, 4) is 0 Å². The Hall–Kier alpha value is -0.580. The molecule has 7 heteroatoms. The molecule has 0 unspecified atom stereocenters. The molecule has 0 aromatic heterocycles. The summed E-state index contributed by atoms with van der Waals surface area (Å²) >= 11 is 0. The van der Waals surface area contributed by atoms with Crippen molar-refractivity contribution >= 4 is 13.7 Å². The lowest BCUT2D eigenvalue weighted by atomic mass is 10.1. The minimum absolute atomic E-state index is 0.130. The maximum atomic E-state index is 12.5. The van der Waals surface area contributed by atoms with Crippen LogP contribution in [0.15, 0.2) is 4.76 Å². The molecule has 6 nitrogen and oxygen atoms in total. The summed E-state index contributed by atoms with van der Waals surface area (Å²) in [4.78, 5) is 0. The van der Waals surface area contributed by atoms with Gasteiger partial charge in [-0.2, -0.15) is 0 Å². The van der Waals surface area contributed by atoms with Crippen molar-refractivity contribution in [2.75, 3.05) is 13.2 Å². The SMILES string of the molecule is CCOP(=O)(N=C1N(C(C)(C)C)N1C(C)(C)C)OCC. The van der Waals surface area contributed by atoms with E-state index in [1.54, 1.807) is 13.8 Å². The van der Waals surface area contributed by atoms with Crippen molar-refractivity contribution in [2.45, 2.75) is 66.5 Å². The van der Waals surface area contributed by atoms with Gasteiger partial charge in [-0.3, -0.25) is 9.05 Å². The molecule has 1 fully saturated rings. The van der Waals surface area contributed by atoms with E-state index in [0.29, 0.717) is 19.2 Å². The van der Waals surface area contributed by atoms with Gasteiger partial charge in [-0.25, -0.2) is 14.6 Å². The molecule has 1 aliphatic rings. The summed E-state index contributed by atoms with van der Waals surface area (Å²) < 4.78 is 27.3. The molecule has 0 aliphatic carbocycles. The lowest BCUT2D eigenvalue weighted by molar-refractivity contribution is 0.110. The molecule has 0 bridgehead atoms. The zero-order valence-electron chi connectivity index (χ0n) is 13.9. The highest BCUT2D eigenvalue weighted by Crippen LogP contribution is 2.53. The normalized spacial score (nSPS) is 16.7. The van der Waals surface area contributed by atoms with Crippen LogP contribution >= 0.6 is 7.75 Å². The van der Waals surface area contributed by atoms with Crippen LogP contribution in [-0.4, -0.2) is 40.3 Å². The van der Waals surface area contributed by atoms with E-state index < -0.39 is 7.75 Å². The smallest absolute Gasteiger partial charge is 0.291 e. The maximum absolute atomic E-state index is 12.5. The Labute approximate surface area is 122 Å². The fourth-order valence-electron chi connectivity index (χ4n) is 1.95. The van der Waals surface area contributed by atoms with E-state index in [-0.39, 0.29) is 11.1 Å². The highest BCUT2D eigenvalue weighted by molar-refractivity contribution is 7.52. The van der Waals surface area contributed by atoms with Crippen LogP contribution in [-0.2, 0) is 13.6 Å². The Bertz CT molecular complexity index is 392. The Kier molecular flexibility index (Phi) is 4.95. The van der Waals surface area contributed by atoms with E-state index >= 15 is 0 Å². The zero-order chi connectivity index (χ0) is 15.8. The largest absolute Gasteiger partial charge is 0.457 e. The standard InChI is InChI=1S/C13H28N3O3P/c1-9-18-20(17,19-10-2)14-11-15(12(3,4)5)16(11)13(6,7)8/h9-10H2,1-8H3. The average molecular weight is 305 g/mol. The zero-order valence-corrected chi connectivity index (χ0v) is 14.8. The van der Waals surface area contributed by atoms with E-state index in [0.717, 1.165) is 0 Å². The molecule has 0 saturated carbocycles. The summed E-state index contributed by atoms with van der Waals surface area (Å²) in [5, 5.41) is 4.05. The summed E-state index contributed by atoms with van der Waals surface area (Å²) in [5.74, 6) is 0.662. The van der Waals surface area contributed by atoms with Gasteiger partial charge < -0.3 is 0 Å². The van der Waals surface area contributed by atoms with Crippen LogP contribution in [0.2, 0.25) is 0 Å². The van der Waals surface area contributed by atoms with E-state index in [1.165, 1.54) is 0 Å². The molecule has 20 heavy (non-hydrogen) atoms. The molecule has 0 aromatic rings. The van der Waals surface area contributed by atoms with Gasteiger partial charge in [0.2, 0.25) is 5.96 Å². The van der Waals surface area contributed by atoms with E-state index in [9.17, 15) is 4.57 Å². The second-order valence-electron chi connectivity index (χ2n) is 6.67. The molecule has 1 aliphatic heterocycles. The van der Waals surface area contributed by atoms with E-state index in [1.807, 2.05) is 10.0 Å². The summed E-state index contributed by atoms with van der Waals surface area (Å²) in [5.41, 5.74) is -0.259. The number of hydrogen-bond donors (Lipinski definition) is 0. The lowest BCUT2D eigenvalue weighted by Gasteiger charge is -2.27. The summed E-state index contributed by atoms with van der Waals surface area (Å²) in [7, 11) is -3.42. The van der Waals surface area contributed by atoms with Gasteiger partial charge in [0, 0.05) is 0 Å². The third-order valence-corrected chi connectivity index (χ3v) is 4.20. The van der Waals surface area contributed by atoms with Crippen LogP contribution in [0.4, 0.5) is 0 Å². The predicted molar refractivity (Wildman–Crippen MR) is 81.5 cm³/mol. The van der Waals surface area contributed by atoms with E-state index in [2.05, 4.69) is 46.3 Å². The molecular formula is C13H28N3O3P. The van der Waals surface area contributed by atoms with E-state index in [4.69, 9.17) is 9.05 Å². The number of hydrogen-bond acceptors (Lipinski definition) is 3. The van der Waals surface area contributed by atoms with Gasteiger partial charge in [0.05, 0.1) is 24.3 Å². The Morgan fingerprint density at radius 1 is 0.950 bits per heavy atom. The molecular weight excluding hydrogens is 277 g/mol. The monoisotopic (exact) mass is 305 g/mol. The van der Waals surface area contributed by atoms with Gasteiger partial charge in [-0.1, -0.05) is 0 Å². The third kappa shape index (κ3) is 3.96. The minimum Gasteiger partial charge on any atom is -0.291 e. The lowest BCUT2D eigenvalue weighted by Crippen LogP contribution is -2.36. The number of rotatable bonds is 5. The predicted octanol–water partition coefficient (Wildman–Crippen LogP) is 3.65. The van der Waals surface area contributed by atoms with Crippen LogP contribution in [0.1, 0.15) is 55.4 Å². The molecule has 1 rings (SSSR count). The van der Waals surface area contributed by atoms with Gasteiger partial charge in [0.1, 0.15) is 0 Å². The quantitative estimate of drug-likeness (QED) is 0.573. The Morgan fingerprint density at radius 2 is 1.30 bits per heavy atom. The molecule has 1 heterocycles. The van der Waals surface area contributed by atoms with Crippen LogP contribution in [0, 0.1) is 0 Å². The second kappa shape index (κ2) is 5.66. The highest BCUT2D eigenvalue weighted by atomic mass is 31.2. The molecule has 0 spiro atoms. The van der Waals surface area contributed by atoms with Crippen molar-refractivity contribution in [1.82, 2.24) is 10.0 Å². The fraction of sp³-hybridized carbons (Fsp3) is 0.923. The Morgan fingerprint density at radius 3 is 1.55 bits per heavy atom. The molecule has 1 saturated heterocycles. The first-order valence-corrected chi connectivity index (χ1v) is 8.55. The average Bonchev–Trinajstić information content (AvgIpc) is 2.90. The molecule has 0 aromatic carbocycles. The summed E-state index contributed by atoms with van der Waals surface area (Å²) in [6.07, 6.45) is 0. The van der Waals surface area contributed by atoms with Crippen LogP contribution < -0.4 is 0 Å². The van der Waals surface area contributed by atoms with Gasteiger partial charge in [0.25, 0.3) is 0 Å². The number of guanidine groups is 1. The minimum atomic E-state index is -3.42. The maximum Gasteiger partial charge on any atom is 0.457 e. The first-order chi connectivity index (χ1) is 8.96. The van der Waals surface area contributed by atoms with Crippen molar-refractivity contribution < 1.29 is 13.6 Å². The first kappa shape index (κ1) is 17.5. The number of nitrogens with zero attached hydrogens (tertiary/aromatic N) is 3. The van der Waals surface area contributed by atoms with Crippen molar-refractivity contribution in [2.24, 2.45) is 4.76 Å². The summed E-state index contributed by atoms with van der Waals surface area (Å²) in [6, 6.07) is 0. The third-order valence-electron chi connectivity index (χ3n) is 2.61. The van der Waals surface area contributed by atoms with Gasteiger partial charge in [0.15, 0.2) is 0 Å². The molecule has 0 N–H and O–H groups in total. The van der Waals surface area contributed by atoms with Crippen LogP contribution in [0.5, 0.6) is 0 Å². The topological polar surface area (TPSA) is 53.9 Å². The van der Waals surface area contributed by atoms with Crippen molar-refractivity contribution in [1.29, 1.82) is 0 Å². The van der Waals surface area contributed by atoms with Crippen LogP contribution in [0.3, 0.4) is 0 Å². The number of hydrazine groups is 1. The van der Waals surface area contributed by atoms with Gasteiger partial charge in [-0.05, 0) is 55.4 Å². The molecule has 0 amide bonds. The molecule has 118 valence electrons. The Balaban J connectivity index is 3.09. The highest BCUT2D eigenvalue weighted by Gasteiger charge is 2.54. The second-order valence-corrected chi connectivity index (χ2v) is 8.32. The molecule has 0 atom stereocenters. The van der Waals surface area contributed by atoms with Gasteiger partial charge >= 0.3 is 7.75 Å².